The number of hydrogen-bond acceptors (Lipinski definition) is 9. The van der Waals surface area contributed by atoms with Gasteiger partial charge in [0.15, 0.2) is 4.80 Å². The molecule has 0 unspecified atom stereocenters. The highest BCUT2D eigenvalue weighted by Gasteiger charge is 2.35. The van der Waals surface area contributed by atoms with Crippen LogP contribution in [0.2, 0.25) is 0 Å². The van der Waals surface area contributed by atoms with E-state index >= 15 is 0 Å². The molecule has 0 radical (unpaired) electrons. The number of rotatable bonds is 10. The van der Waals surface area contributed by atoms with E-state index in [9.17, 15) is 19.7 Å². The summed E-state index contributed by atoms with van der Waals surface area (Å²) in [6.07, 6.45) is 1.78. The van der Waals surface area contributed by atoms with E-state index < -0.39 is 16.9 Å². The third-order valence-electron chi connectivity index (χ3n) is 7.54. The Bertz CT molecular complexity index is 2140. The van der Waals surface area contributed by atoms with Gasteiger partial charge in [0.25, 0.3) is 11.2 Å². The van der Waals surface area contributed by atoms with E-state index in [1.807, 2.05) is 54.6 Å². The lowest BCUT2D eigenvalue weighted by Crippen LogP contribution is -2.40. The first-order chi connectivity index (χ1) is 22.9. The number of nitro benzene ring substituents is 1. The van der Waals surface area contributed by atoms with Crippen LogP contribution in [0.1, 0.15) is 35.2 Å². The number of aromatic nitrogens is 1. The van der Waals surface area contributed by atoms with Crippen LogP contribution in [0.4, 0.5) is 5.69 Å². The first-order valence-corrected chi connectivity index (χ1v) is 15.6. The Hall–Kier alpha value is -5.81. The number of nitrogens with zero attached hydrogens (tertiary/aromatic N) is 3. The van der Waals surface area contributed by atoms with Gasteiger partial charge >= 0.3 is 5.97 Å². The average Bonchev–Trinajstić information content (AvgIpc) is 3.41. The number of non-ortho nitro benzene ring substituents is 1. The molecule has 0 bridgehead atoms. The van der Waals surface area contributed by atoms with Crippen molar-refractivity contribution < 1.29 is 23.9 Å². The average molecular weight is 648 g/mol. The number of esters is 1. The van der Waals surface area contributed by atoms with Crippen molar-refractivity contribution >= 4 is 34.8 Å². The topological polar surface area (TPSA) is 122 Å². The number of benzene rings is 4. The van der Waals surface area contributed by atoms with Crippen molar-refractivity contribution in [3.63, 3.8) is 0 Å². The van der Waals surface area contributed by atoms with Crippen molar-refractivity contribution in [3.05, 3.63) is 161 Å². The van der Waals surface area contributed by atoms with Crippen LogP contribution in [0.3, 0.4) is 0 Å². The van der Waals surface area contributed by atoms with Crippen molar-refractivity contribution in [3.8, 4) is 11.5 Å². The second kappa shape index (κ2) is 13.7. The Labute approximate surface area is 273 Å². The molecule has 1 aromatic heterocycles. The lowest BCUT2D eigenvalue weighted by atomic mass is 9.93. The molecule has 5 aromatic rings. The molecule has 0 spiro atoms. The summed E-state index contributed by atoms with van der Waals surface area (Å²) >= 11 is 1.24. The second-order valence-electron chi connectivity index (χ2n) is 10.5. The van der Waals surface area contributed by atoms with Gasteiger partial charge in [-0.25, -0.2) is 9.79 Å². The fourth-order valence-electron chi connectivity index (χ4n) is 5.23. The van der Waals surface area contributed by atoms with Gasteiger partial charge in [-0.1, -0.05) is 65.9 Å². The molecule has 0 saturated heterocycles. The molecule has 1 atom stereocenters. The number of ether oxygens (including phenoxy) is 3. The zero-order valence-corrected chi connectivity index (χ0v) is 26.3. The van der Waals surface area contributed by atoms with E-state index in [2.05, 4.69) is 0 Å². The molecule has 2 heterocycles. The molecule has 10 nitrogen and oxygen atoms in total. The van der Waals surface area contributed by atoms with Crippen molar-refractivity contribution in [1.82, 2.24) is 4.57 Å². The first-order valence-electron chi connectivity index (χ1n) is 14.7. The number of fused-ring (bicyclic) bond motifs is 1. The molecule has 1 aliphatic heterocycles. The molecule has 0 aliphatic carbocycles. The third kappa shape index (κ3) is 6.61. The molecule has 47 heavy (non-hydrogen) atoms. The predicted molar refractivity (Wildman–Crippen MR) is 178 cm³/mol. The SMILES string of the molecule is CCOC(=O)C1=C(c2ccccc2)N=c2s/c(=C\c3ccc(OCc4ccc([N+](=O)[O-])cc4)cc3)c(=O)n2[C@H]1c1ccc(OC)cc1. The fourth-order valence-corrected chi connectivity index (χ4v) is 6.24. The quantitative estimate of drug-likeness (QED) is 0.113. The molecule has 236 valence electrons. The van der Waals surface area contributed by atoms with Crippen molar-refractivity contribution in [2.75, 3.05) is 13.7 Å². The Morgan fingerprint density at radius 2 is 1.64 bits per heavy atom. The van der Waals surface area contributed by atoms with Crippen LogP contribution in [-0.4, -0.2) is 29.2 Å². The largest absolute Gasteiger partial charge is 0.497 e. The molecular formula is C36H29N3O7S. The minimum Gasteiger partial charge on any atom is -0.497 e. The minimum absolute atomic E-state index is 0.0205. The van der Waals surface area contributed by atoms with Crippen LogP contribution in [0.15, 0.2) is 118 Å². The molecule has 4 aromatic carbocycles. The van der Waals surface area contributed by atoms with Crippen LogP contribution < -0.4 is 24.4 Å². The van der Waals surface area contributed by atoms with Gasteiger partial charge in [0.2, 0.25) is 0 Å². The van der Waals surface area contributed by atoms with Gasteiger partial charge in [-0.05, 0) is 66.1 Å². The van der Waals surface area contributed by atoms with Crippen LogP contribution in [0.5, 0.6) is 11.5 Å². The molecule has 11 heteroatoms. The Balaban J connectivity index is 1.39. The third-order valence-corrected chi connectivity index (χ3v) is 8.52. The number of thiazole rings is 1. The van der Waals surface area contributed by atoms with Gasteiger partial charge in [-0.2, -0.15) is 0 Å². The Morgan fingerprint density at radius 3 is 2.28 bits per heavy atom. The van der Waals surface area contributed by atoms with E-state index in [1.54, 1.807) is 61.1 Å². The van der Waals surface area contributed by atoms with Gasteiger partial charge < -0.3 is 14.2 Å². The molecule has 0 saturated carbocycles. The number of nitro groups is 1. The summed E-state index contributed by atoms with van der Waals surface area (Å²) in [6.45, 7) is 2.15. The highest BCUT2D eigenvalue weighted by molar-refractivity contribution is 7.07. The fraction of sp³-hybridized carbons (Fsp3) is 0.139. The zero-order chi connectivity index (χ0) is 32.9. The molecule has 1 aliphatic rings. The van der Waals surface area contributed by atoms with Crippen molar-refractivity contribution in [1.29, 1.82) is 0 Å². The molecule has 6 rings (SSSR count). The molecule has 0 N–H and O–H groups in total. The molecule has 0 amide bonds. The number of carbonyl (C=O) groups is 1. The maximum atomic E-state index is 14.1. The van der Waals surface area contributed by atoms with E-state index in [4.69, 9.17) is 19.2 Å². The first kappa shape index (κ1) is 31.2. The van der Waals surface area contributed by atoms with Crippen LogP contribution in [0.25, 0.3) is 11.8 Å². The summed E-state index contributed by atoms with van der Waals surface area (Å²) in [5.74, 6) is 0.703. The number of carbonyl (C=O) groups excluding carboxylic acids is 1. The van der Waals surface area contributed by atoms with Gasteiger partial charge in [0.05, 0.1) is 40.5 Å². The van der Waals surface area contributed by atoms with E-state index in [-0.39, 0.29) is 30.0 Å². The molecule has 0 fully saturated rings. The normalized spacial score (nSPS) is 14.3. The highest BCUT2D eigenvalue weighted by Crippen LogP contribution is 2.35. The maximum Gasteiger partial charge on any atom is 0.338 e. The second-order valence-corrected chi connectivity index (χ2v) is 11.5. The summed E-state index contributed by atoms with van der Waals surface area (Å²) in [4.78, 5) is 43.5. The van der Waals surface area contributed by atoms with Gasteiger partial charge in [0.1, 0.15) is 18.1 Å². The van der Waals surface area contributed by atoms with Crippen molar-refractivity contribution in [2.24, 2.45) is 4.99 Å². The number of methoxy groups -OCH3 is 1. The Kier molecular flexibility index (Phi) is 9.07. The van der Waals surface area contributed by atoms with Gasteiger partial charge in [-0.15, -0.1) is 0 Å². The standard InChI is InChI=1S/C36H29N3O7S/c1-3-45-35(41)31-32(25-7-5-4-6-8-25)37-36-38(33(31)26-13-19-28(44-2)20-14-26)34(40)30(47-36)21-23-11-17-29(18-12-23)46-22-24-9-15-27(16-10-24)39(42)43/h4-21,33H,3,22H2,1-2H3/b30-21-/t33-/m0/s1. The van der Waals surface area contributed by atoms with Crippen LogP contribution in [0, 0.1) is 10.1 Å². The van der Waals surface area contributed by atoms with E-state index in [0.717, 1.165) is 16.7 Å². The lowest BCUT2D eigenvalue weighted by Gasteiger charge is -2.26. The maximum absolute atomic E-state index is 14.1. The number of hydrogen-bond donors (Lipinski definition) is 0. The predicted octanol–water partition coefficient (Wildman–Crippen LogP) is 5.43. The van der Waals surface area contributed by atoms with E-state index in [0.29, 0.717) is 32.1 Å². The summed E-state index contributed by atoms with van der Waals surface area (Å²) in [5.41, 5.74) is 3.46. The smallest absolute Gasteiger partial charge is 0.338 e. The Morgan fingerprint density at radius 1 is 0.957 bits per heavy atom. The van der Waals surface area contributed by atoms with Gasteiger partial charge in [0, 0.05) is 17.7 Å². The lowest BCUT2D eigenvalue weighted by molar-refractivity contribution is -0.384. The molecular weight excluding hydrogens is 618 g/mol. The summed E-state index contributed by atoms with van der Waals surface area (Å²) in [7, 11) is 1.58. The minimum atomic E-state index is -0.788. The zero-order valence-electron chi connectivity index (χ0n) is 25.5. The summed E-state index contributed by atoms with van der Waals surface area (Å²) < 4.78 is 18.7. The van der Waals surface area contributed by atoms with Crippen molar-refractivity contribution in [2.45, 2.75) is 19.6 Å². The summed E-state index contributed by atoms with van der Waals surface area (Å²) in [6, 6.07) is 29.3. The monoisotopic (exact) mass is 647 g/mol. The summed E-state index contributed by atoms with van der Waals surface area (Å²) in [5, 5.41) is 10.9. The van der Waals surface area contributed by atoms with Crippen LogP contribution in [-0.2, 0) is 16.1 Å². The highest BCUT2D eigenvalue weighted by atomic mass is 32.1. The van der Waals surface area contributed by atoms with Gasteiger partial charge in [-0.3, -0.25) is 19.5 Å². The van der Waals surface area contributed by atoms with Crippen LogP contribution >= 0.6 is 11.3 Å². The van der Waals surface area contributed by atoms with E-state index in [1.165, 1.54) is 23.5 Å².